The fourth-order valence-corrected chi connectivity index (χ4v) is 2.99. The van der Waals surface area contributed by atoms with Crippen LogP contribution in [0, 0.1) is 13.8 Å². The van der Waals surface area contributed by atoms with E-state index in [1.165, 1.54) is 7.05 Å². The van der Waals surface area contributed by atoms with E-state index in [2.05, 4.69) is 10.0 Å². The molecule has 2 aromatic rings. The number of aryl methyl sites for hydroxylation is 2. The van der Waals surface area contributed by atoms with E-state index < -0.39 is 10.0 Å². The van der Waals surface area contributed by atoms with Gasteiger partial charge in [0.15, 0.2) is 0 Å². The molecule has 0 saturated carbocycles. The molecule has 1 atom stereocenters. The van der Waals surface area contributed by atoms with E-state index in [1.54, 1.807) is 24.3 Å². The second-order valence-corrected chi connectivity index (χ2v) is 6.85. The van der Waals surface area contributed by atoms with Gasteiger partial charge in [0.25, 0.3) is 0 Å². The van der Waals surface area contributed by atoms with Crippen LogP contribution in [0.15, 0.2) is 39.6 Å². The first-order chi connectivity index (χ1) is 9.83. The van der Waals surface area contributed by atoms with Crippen LogP contribution in [0.1, 0.15) is 30.0 Å². The van der Waals surface area contributed by atoms with Gasteiger partial charge in [0.2, 0.25) is 10.0 Å². The Kier molecular flexibility index (Phi) is 4.39. The second kappa shape index (κ2) is 5.91. The summed E-state index contributed by atoms with van der Waals surface area (Å²) < 4.78 is 31.1. The van der Waals surface area contributed by atoms with Crippen LogP contribution >= 0.6 is 0 Å². The number of hydrogen-bond donors (Lipinski definition) is 2. The largest absolute Gasteiger partial charge is 0.466 e. The summed E-state index contributed by atoms with van der Waals surface area (Å²) in [5, 5.41) is 3.33. The molecule has 1 heterocycles. The van der Waals surface area contributed by atoms with Crippen LogP contribution in [-0.2, 0) is 10.0 Å². The third kappa shape index (κ3) is 3.46. The first-order valence-corrected chi connectivity index (χ1v) is 8.19. The Balaban J connectivity index is 2.15. The van der Waals surface area contributed by atoms with Crippen LogP contribution in [0.4, 0.5) is 5.69 Å². The monoisotopic (exact) mass is 308 g/mol. The summed E-state index contributed by atoms with van der Waals surface area (Å²) in [5.74, 6) is 1.77. The Morgan fingerprint density at radius 1 is 1.14 bits per heavy atom. The van der Waals surface area contributed by atoms with Gasteiger partial charge < -0.3 is 9.73 Å². The zero-order chi connectivity index (χ0) is 15.6. The number of benzene rings is 1. The quantitative estimate of drug-likeness (QED) is 0.891. The Bertz CT molecular complexity index is 718. The molecule has 1 unspecified atom stereocenters. The van der Waals surface area contributed by atoms with Crippen molar-refractivity contribution >= 4 is 15.7 Å². The van der Waals surface area contributed by atoms with Crippen molar-refractivity contribution in [1.82, 2.24) is 4.72 Å². The molecular weight excluding hydrogens is 288 g/mol. The number of nitrogens with one attached hydrogen (secondary N) is 2. The fourth-order valence-electron chi connectivity index (χ4n) is 2.26. The predicted octanol–water partition coefficient (Wildman–Crippen LogP) is 2.98. The molecule has 6 heteroatoms. The van der Waals surface area contributed by atoms with Gasteiger partial charge in [0, 0.05) is 11.3 Å². The minimum absolute atomic E-state index is 0.0780. The highest BCUT2D eigenvalue weighted by molar-refractivity contribution is 7.89. The highest BCUT2D eigenvalue weighted by Crippen LogP contribution is 2.25. The van der Waals surface area contributed by atoms with E-state index in [4.69, 9.17) is 4.42 Å². The fraction of sp³-hybridized carbons (Fsp3) is 0.333. The second-order valence-electron chi connectivity index (χ2n) is 4.97. The Hall–Kier alpha value is -1.79. The molecule has 0 radical (unpaired) electrons. The predicted molar refractivity (Wildman–Crippen MR) is 82.9 cm³/mol. The molecular formula is C15H20N2O3S. The maximum atomic E-state index is 11.7. The van der Waals surface area contributed by atoms with Crippen molar-refractivity contribution in [2.45, 2.75) is 31.7 Å². The molecule has 0 amide bonds. The lowest BCUT2D eigenvalue weighted by atomic mass is 10.1. The zero-order valence-electron chi connectivity index (χ0n) is 12.6. The number of furan rings is 1. The molecule has 0 aliphatic carbocycles. The Labute approximate surface area is 125 Å². The van der Waals surface area contributed by atoms with E-state index in [9.17, 15) is 8.42 Å². The molecule has 1 aromatic heterocycles. The molecule has 114 valence electrons. The first kappa shape index (κ1) is 15.6. The van der Waals surface area contributed by atoms with E-state index in [0.29, 0.717) is 0 Å². The molecule has 0 aliphatic rings. The van der Waals surface area contributed by atoms with Gasteiger partial charge in [0.1, 0.15) is 11.5 Å². The van der Waals surface area contributed by atoms with Crippen molar-refractivity contribution in [3.63, 3.8) is 0 Å². The lowest BCUT2D eigenvalue weighted by Gasteiger charge is -2.15. The van der Waals surface area contributed by atoms with E-state index in [-0.39, 0.29) is 10.9 Å². The number of rotatable bonds is 5. The van der Waals surface area contributed by atoms with E-state index >= 15 is 0 Å². The van der Waals surface area contributed by atoms with Crippen LogP contribution in [0.5, 0.6) is 0 Å². The Morgan fingerprint density at radius 3 is 2.24 bits per heavy atom. The topological polar surface area (TPSA) is 71.3 Å². The van der Waals surface area contributed by atoms with Crippen LogP contribution in [0.2, 0.25) is 0 Å². The molecule has 5 nitrogen and oxygen atoms in total. The minimum Gasteiger partial charge on any atom is -0.466 e. The average molecular weight is 308 g/mol. The van der Waals surface area contributed by atoms with Gasteiger partial charge in [-0.05, 0) is 58.2 Å². The van der Waals surface area contributed by atoms with Gasteiger partial charge in [-0.25, -0.2) is 13.1 Å². The molecule has 21 heavy (non-hydrogen) atoms. The standard InChI is InChI=1S/C15H20N2O3S/c1-10-9-15(12(3)20-10)11(2)17-13-5-7-14(8-6-13)21(18,19)16-4/h5-9,11,16-17H,1-4H3. The molecule has 0 spiro atoms. The molecule has 2 rings (SSSR count). The van der Waals surface area contributed by atoms with Crippen molar-refractivity contribution in [2.24, 2.45) is 0 Å². The summed E-state index contributed by atoms with van der Waals surface area (Å²) in [6, 6.07) is 8.75. The SMILES string of the molecule is CNS(=O)(=O)c1ccc(NC(C)c2cc(C)oc2C)cc1. The highest BCUT2D eigenvalue weighted by Gasteiger charge is 2.14. The third-order valence-corrected chi connectivity index (χ3v) is 4.79. The maximum absolute atomic E-state index is 11.7. The van der Waals surface area contributed by atoms with Crippen LogP contribution in [-0.4, -0.2) is 15.5 Å². The van der Waals surface area contributed by atoms with Gasteiger partial charge in [-0.3, -0.25) is 0 Å². The molecule has 0 fully saturated rings. The lowest BCUT2D eigenvalue weighted by molar-refractivity contribution is 0.500. The van der Waals surface area contributed by atoms with Gasteiger partial charge in [-0.15, -0.1) is 0 Å². The zero-order valence-corrected chi connectivity index (χ0v) is 13.4. The van der Waals surface area contributed by atoms with Crippen molar-refractivity contribution in [2.75, 3.05) is 12.4 Å². The third-order valence-electron chi connectivity index (χ3n) is 3.36. The molecule has 0 aliphatic heterocycles. The number of sulfonamides is 1. The molecule has 0 bridgehead atoms. The summed E-state index contributed by atoms with van der Waals surface area (Å²) in [7, 11) is -2.00. The number of anilines is 1. The van der Waals surface area contributed by atoms with Crippen molar-refractivity contribution in [3.05, 3.63) is 47.4 Å². The summed E-state index contributed by atoms with van der Waals surface area (Å²) in [6.45, 7) is 5.89. The number of hydrogen-bond acceptors (Lipinski definition) is 4. The first-order valence-electron chi connectivity index (χ1n) is 6.70. The van der Waals surface area contributed by atoms with Gasteiger partial charge in [0.05, 0.1) is 10.9 Å². The molecule has 2 N–H and O–H groups in total. The van der Waals surface area contributed by atoms with Gasteiger partial charge >= 0.3 is 0 Å². The minimum atomic E-state index is -3.39. The highest BCUT2D eigenvalue weighted by atomic mass is 32.2. The smallest absolute Gasteiger partial charge is 0.240 e. The van der Waals surface area contributed by atoms with Crippen LogP contribution < -0.4 is 10.0 Å². The lowest BCUT2D eigenvalue weighted by Crippen LogP contribution is -2.18. The maximum Gasteiger partial charge on any atom is 0.240 e. The molecule has 1 aromatic carbocycles. The van der Waals surface area contributed by atoms with Crippen LogP contribution in [0.3, 0.4) is 0 Å². The summed E-state index contributed by atoms with van der Waals surface area (Å²) >= 11 is 0. The Morgan fingerprint density at radius 2 is 1.76 bits per heavy atom. The van der Waals surface area contributed by atoms with Gasteiger partial charge in [-0.2, -0.15) is 0 Å². The van der Waals surface area contributed by atoms with Crippen molar-refractivity contribution < 1.29 is 12.8 Å². The van der Waals surface area contributed by atoms with Gasteiger partial charge in [-0.1, -0.05) is 0 Å². The van der Waals surface area contributed by atoms with E-state index in [0.717, 1.165) is 22.8 Å². The average Bonchev–Trinajstić information content (AvgIpc) is 2.78. The summed E-state index contributed by atoms with van der Waals surface area (Å²) in [4.78, 5) is 0.249. The van der Waals surface area contributed by atoms with Crippen molar-refractivity contribution in [3.8, 4) is 0 Å². The van der Waals surface area contributed by atoms with E-state index in [1.807, 2.05) is 26.8 Å². The molecule has 0 saturated heterocycles. The normalized spacial score (nSPS) is 13.1. The van der Waals surface area contributed by atoms with Crippen LogP contribution in [0.25, 0.3) is 0 Å². The van der Waals surface area contributed by atoms with Crippen molar-refractivity contribution in [1.29, 1.82) is 0 Å². The summed E-state index contributed by atoms with van der Waals surface area (Å²) in [5.41, 5.74) is 1.95. The summed E-state index contributed by atoms with van der Waals surface area (Å²) in [6.07, 6.45) is 0.